The average molecular weight is 472 g/mol. The van der Waals surface area contributed by atoms with Crippen molar-refractivity contribution in [2.24, 2.45) is 0 Å². The van der Waals surface area contributed by atoms with Gasteiger partial charge in [0.2, 0.25) is 0 Å². The predicted octanol–water partition coefficient (Wildman–Crippen LogP) is 1.29. The van der Waals surface area contributed by atoms with E-state index in [9.17, 15) is 28.0 Å². The summed E-state index contributed by atoms with van der Waals surface area (Å²) in [7, 11) is 0. The number of fused-ring (bicyclic) bond motifs is 4. The van der Waals surface area contributed by atoms with E-state index in [4.69, 9.17) is 9.47 Å². The van der Waals surface area contributed by atoms with Gasteiger partial charge in [0, 0.05) is 24.0 Å². The van der Waals surface area contributed by atoms with Crippen LogP contribution in [0.2, 0.25) is 0 Å². The molecule has 6 rings (SSSR count). The van der Waals surface area contributed by atoms with Gasteiger partial charge in [0.05, 0.1) is 13.2 Å². The summed E-state index contributed by atoms with van der Waals surface area (Å²) in [5.74, 6) is -1.01. The van der Waals surface area contributed by atoms with Crippen LogP contribution in [0.1, 0.15) is 24.0 Å². The Hall–Kier alpha value is -4.22. The number of carbonyl (C=O) groups excluding carboxylic acids is 4. The molecule has 4 N–H and O–H groups in total. The Morgan fingerprint density at radius 2 is 1.09 bits per heavy atom. The largest absolute Gasteiger partial charge is 0.493 e. The normalized spacial score (nSPS) is 26.2. The Labute approximate surface area is 191 Å². The second kappa shape index (κ2) is 7.68. The number of hydrogen-bond acceptors (Lipinski definition) is 6. The molecule has 0 bridgehead atoms. The molecule has 2 saturated heterocycles. The third-order valence-electron chi connectivity index (χ3n) is 6.16. The highest BCUT2D eigenvalue weighted by Crippen LogP contribution is 2.40. The van der Waals surface area contributed by atoms with Crippen LogP contribution >= 0.6 is 0 Å². The van der Waals surface area contributed by atoms with E-state index in [-0.39, 0.29) is 0 Å². The molecule has 2 spiro atoms. The molecule has 0 aromatic heterocycles. The minimum Gasteiger partial charge on any atom is -0.493 e. The zero-order chi connectivity index (χ0) is 24.1. The van der Waals surface area contributed by atoms with Gasteiger partial charge >= 0.3 is 12.1 Å². The summed E-state index contributed by atoms with van der Waals surface area (Å²) < 4.78 is 37.2. The second-order valence-corrected chi connectivity index (χ2v) is 8.11. The number of imide groups is 2. The molecule has 6 amide bonds. The van der Waals surface area contributed by atoms with Crippen LogP contribution in [-0.2, 0) is 20.7 Å². The molecule has 4 heterocycles. The van der Waals surface area contributed by atoms with Crippen LogP contribution in [0.3, 0.4) is 0 Å². The van der Waals surface area contributed by atoms with Gasteiger partial charge in [-0.25, -0.2) is 18.4 Å². The molecule has 2 atom stereocenters. The van der Waals surface area contributed by atoms with Crippen molar-refractivity contribution in [1.29, 1.82) is 0 Å². The zero-order valence-corrected chi connectivity index (χ0v) is 17.5. The summed E-state index contributed by atoms with van der Waals surface area (Å²) in [4.78, 5) is 46.2. The van der Waals surface area contributed by atoms with Crippen LogP contribution in [0.15, 0.2) is 36.4 Å². The van der Waals surface area contributed by atoms with Crippen molar-refractivity contribution in [3.8, 4) is 11.5 Å². The van der Waals surface area contributed by atoms with Gasteiger partial charge in [-0.15, -0.1) is 0 Å². The molecule has 4 aliphatic heterocycles. The Kier molecular flexibility index (Phi) is 4.88. The van der Waals surface area contributed by atoms with E-state index in [1.54, 1.807) is 0 Å². The molecule has 2 fully saturated rings. The van der Waals surface area contributed by atoms with Crippen molar-refractivity contribution in [1.82, 2.24) is 21.3 Å². The lowest BCUT2D eigenvalue weighted by atomic mass is 9.84. The first-order valence-electron chi connectivity index (χ1n) is 10.4. The topological polar surface area (TPSA) is 135 Å². The van der Waals surface area contributed by atoms with Crippen molar-refractivity contribution in [3.63, 3.8) is 0 Å². The minimum atomic E-state index is -1.19. The van der Waals surface area contributed by atoms with Gasteiger partial charge in [0.1, 0.15) is 23.1 Å². The molecular weight excluding hydrogens is 454 g/mol. The Morgan fingerprint density at radius 1 is 0.676 bits per heavy atom. The highest BCUT2D eigenvalue weighted by molar-refractivity contribution is 6.08. The van der Waals surface area contributed by atoms with Crippen LogP contribution in [0, 0.1) is 11.6 Å². The smallest absolute Gasteiger partial charge is 0.322 e. The maximum absolute atomic E-state index is 13.3. The maximum atomic E-state index is 13.3. The van der Waals surface area contributed by atoms with Crippen LogP contribution in [-0.4, -0.2) is 37.1 Å². The van der Waals surface area contributed by atoms with Crippen LogP contribution < -0.4 is 30.7 Å². The Morgan fingerprint density at radius 3 is 1.44 bits per heavy atom. The summed E-state index contributed by atoms with van der Waals surface area (Å²) in [6.07, 6.45) is 0.585. The number of halogens is 2. The van der Waals surface area contributed by atoms with Gasteiger partial charge in [0.25, 0.3) is 11.8 Å². The first kappa shape index (κ1) is 21.6. The van der Waals surface area contributed by atoms with E-state index >= 15 is 0 Å². The van der Waals surface area contributed by atoms with Gasteiger partial charge in [-0.3, -0.25) is 20.2 Å². The number of urea groups is 2. The SMILES string of the molecule is O=C1NC(=O)[C@@]2(CCOc3ccc(F)cc32)N1.O=C1NC(=O)[C@@]2(CCOc3ccc(F)cc32)N1. The number of ether oxygens (including phenoxy) is 2. The molecule has 34 heavy (non-hydrogen) atoms. The van der Waals surface area contributed by atoms with Crippen molar-refractivity contribution in [2.45, 2.75) is 23.9 Å². The molecule has 4 aliphatic rings. The van der Waals surface area contributed by atoms with E-state index in [0.29, 0.717) is 48.7 Å². The van der Waals surface area contributed by atoms with Gasteiger partial charge in [-0.05, 0) is 36.4 Å². The molecule has 10 nitrogen and oxygen atoms in total. The molecular formula is C22H18F2N4O6. The fourth-order valence-corrected chi connectivity index (χ4v) is 4.54. The third kappa shape index (κ3) is 3.29. The number of rotatable bonds is 0. The van der Waals surface area contributed by atoms with Gasteiger partial charge in [-0.1, -0.05) is 0 Å². The van der Waals surface area contributed by atoms with Gasteiger partial charge < -0.3 is 20.1 Å². The van der Waals surface area contributed by atoms with E-state index in [0.717, 1.165) is 0 Å². The van der Waals surface area contributed by atoms with Crippen molar-refractivity contribution in [2.75, 3.05) is 13.2 Å². The quantitative estimate of drug-likeness (QED) is 0.427. The summed E-state index contributed by atoms with van der Waals surface area (Å²) in [5.41, 5.74) is -1.64. The summed E-state index contributed by atoms with van der Waals surface area (Å²) in [6.45, 7) is 0.596. The predicted molar refractivity (Wildman–Crippen MR) is 110 cm³/mol. The molecule has 0 aliphatic carbocycles. The highest BCUT2D eigenvalue weighted by Gasteiger charge is 2.52. The number of carbonyl (C=O) groups is 4. The third-order valence-corrected chi connectivity index (χ3v) is 6.16. The highest BCUT2D eigenvalue weighted by atomic mass is 19.1. The number of hydrogen-bond donors (Lipinski definition) is 4. The fraction of sp³-hybridized carbons (Fsp3) is 0.273. The molecule has 176 valence electrons. The van der Waals surface area contributed by atoms with E-state index in [1.165, 1.54) is 36.4 Å². The van der Waals surface area contributed by atoms with Crippen molar-refractivity contribution >= 4 is 23.9 Å². The van der Waals surface area contributed by atoms with E-state index in [2.05, 4.69) is 21.3 Å². The molecule has 0 saturated carbocycles. The zero-order valence-electron chi connectivity index (χ0n) is 17.5. The van der Waals surface area contributed by atoms with Crippen LogP contribution in [0.5, 0.6) is 11.5 Å². The Balaban J connectivity index is 0.000000142. The lowest BCUT2D eigenvalue weighted by Crippen LogP contribution is -2.47. The summed E-state index contributed by atoms with van der Waals surface area (Å²) >= 11 is 0. The standard InChI is InChI=1S/2C11H9FN2O3/c2*12-6-1-2-8-7(5-6)11(3-4-17-8)9(15)13-10(16)14-11/h2*1-2,5H,3-4H2,(H2,13,14,15,16)/t2*11-/m00/s1. The van der Waals surface area contributed by atoms with Crippen molar-refractivity contribution < 1.29 is 37.4 Å². The van der Waals surface area contributed by atoms with Gasteiger partial charge in [-0.2, -0.15) is 0 Å². The lowest BCUT2D eigenvalue weighted by molar-refractivity contribution is -0.126. The summed E-state index contributed by atoms with van der Waals surface area (Å²) in [5, 5.41) is 9.45. The first-order valence-corrected chi connectivity index (χ1v) is 10.4. The van der Waals surface area contributed by atoms with E-state index in [1.807, 2.05) is 0 Å². The summed E-state index contributed by atoms with van der Waals surface area (Å²) in [6, 6.07) is 6.75. The van der Waals surface area contributed by atoms with Crippen molar-refractivity contribution in [3.05, 3.63) is 59.2 Å². The number of benzene rings is 2. The maximum Gasteiger partial charge on any atom is 0.322 e. The lowest BCUT2D eigenvalue weighted by Gasteiger charge is -2.32. The van der Waals surface area contributed by atoms with Crippen LogP contribution in [0.4, 0.5) is 18.4 Å². The molecule has 2 aromatic carbocycles. The first-order chi connectivity index (χ1) is 16.2. The number of nitrogens with one attached hydrogen (secondary N) is 4. The van der Waals surface area contributed by atoms with E-state index < -0.39 is 46.6 Å². The monoisotopic (exact) mass is 472 g/mol. The average Bonchev–Trinajstić information content (AvgIpc) is 3.24. The molecule has 12 heteroatoms. The van der Waals surface area contributed by atoms with Crippen LogP contribution in [0.25, 0.3) is 0 Å². The fourth-order valence-electron chi connectivity index (χ4n) is 4.54. The minimum absolute atomic E-state index is 0.293. The molecule has 0 radical (unpaired) electrons. The number of amides is 6. The Bertz CT molecular complexity index is 1160. The van der Waals surface area contributed by atoms with Gasteiger partial charge in [0.15, 0.2) is 11.1 Å². The molecule has 0 unspecified atom stereocenters. The molecule has 2 aromatic rings. The second-order valence-electron chi connectivity index (χ2n) is 8.11.